The first-order valence-electron chi connectivity index (χ1n) is 3.72. The fourth-order valence-corrected chi connectivity index (χ4v) is 0.798. The molecule has 0 aliphatic heterocycles. The van der Waals surface area contributed by atoms with Gasteiger partial charge >= 0.3 is 0 Å². The van der Waals surface area contributed by atoms with E-state index in [0.717, 1.165) is 13.8 Å². The van der Waals surface area contributed by atoms with Gasteiger partial charge in [-0.1, -0.05) is 13.8 Å². The van der Waals surface area contributed by atoms with E-state index in [4.69, 9.17) is 0 Å². The van der Waals surface area contributed by atoms with E-state index < -0.39 is 28.7 Å². The predicted molar refractivity (Wildman–Crippen MR) is 36.9 cm³/mol. The molecule has 14 heavy (non-hydrogen) atoms. The zero-order valence-corrected chi connectivity index (χ0v) is 7.95. The Morgan fingerprint density at radius 1 is 0.786 bits per heavy atom. The highest BCUT2D eigenvalue weighted by Gasteiger charge is 2.45. The zero-order chi connectivity index (χ0) is 11.7. The van der Waals surface area contributed by atoms with Gasteiger partial charge in [0.25, 0.3) is 0 Å². The molecule has 0 fully saturated rings. The summed E-state index contributed by atoms with van der Waals surface area (Å²) in [5.41, 5.74) is -4.75. The average Bonchev–Trinajstić information content (AvgIpc) is 2.01. The van der Waals surface area contributed by atoms with Crippen LogP contribution in [0, 0.1) is 10.8 Å². The minimum absolute atomic E-state index is 0.716. The number of carboxylic acids is 3. The minimum atomic E-state index is -2.63. The molecule has 0 aromatic carbocycles. The van der Waals surface area contributed by atoms with Gasteiger partial charge in [-0.15, -0.1) is 0 Å². The summed E-state index contributed by atoms with van der Waals surface area (Å²) < 4.78 is 0. The number of rotatable bonds is 4. The van der Waals surface area contributed by atoms with Crippen molar-refractivity contribution < 1.29 is 29.7 Å². The van der Waals surface area contributed by atoms with Crippen LogP contribution in [0.3, 0.4) is 0 Å². The number of carbonyl (C=O) groups is 3. The Balaban J connectivity index is 5.55. The normalized spacial score (nSPS) is 12.2. The molecule has 0 N–H and O–H groups in total. The average molecular weight is 201 g/mol. The molecule has 6 nitrogen and oxygen atoms in total. The van der Waals surface area contributed by atoms with Crippen molar-refractivity contribution >= 4 is 17.9 Å². The number of carbonyl (C=O) groups excluding carboxylic acids is 3. The third kappa shape index (κ3) is 1.43. The van der Waals surface area contributed by atoms with Gasteiger partial charge in [-0.25, -0.2) is 0 Å². The van der Waals surface area contributed by atoms with Crippen LogP contribution in [0.25, 0.3) is 0 Å². The summed E-state index contributed by atoms with van der Waals surface area (Å²) in [4.78, 5) is 31.8. The Labute approximate surface area is 80.2 Å². The van der Waals surface area contributed by atoms with Gasteiger partial charge in [0.2, 0.25) is 0 Å². The monoisotopic (exact) mass is 201 g/mol. The molecule has 0 bridgehead atoms. The van der Waals surface area contributed by atoms with Crippen molar-refractivity contribution in [3.63, 3.8) is 0 Å². The van der Waals surface area contributed by atoms with Gasteiger partial charge in [0.15, 0.2) is 0 Å². The summed E-state index contributed by atoms with van der Waals surface area (Å²) in [6.45, 7) is 2.56. The largest absolute Gasteiger partial charge is 0.550 e. The van der Waals surface area contributed by atoms with Crippen LogP contribution in [-0.4, -0.2) is 17.9 Å². The Bertz CT molecular complexity index is 276. The second-order valence-corrected chi connectivity index (χ2v) is 3.61. The highest BCUT2D eigenvalue weighted by molar-refractivity contribution is 6.01. The lowest BCUT2D eigenvalue weighted by Gasteiger charge is -2.46. The maximum absolute atomic E-state index is 10.6. The number of hydrogen-bond donors (Lipinski definition) is 0. The molecular formula is C8H9O6-3. The molecule has 0 unspecified atom stereocenters. The summed E-state index contributed by atoms with van der Waals surface area (Å²) in [5.74, 6) is -5.84. The Hall–Kier alpha value is -1.59. The summed E-state index contributed by atoms with van der Waals surface area (Å²) in [5, 5.41) is 31.8. The molecule has 0 spiro atoms. The van der Waals surface area contributed by atoms with Crippen molar-refractivity contribution in [2.45, 2.75) is 20.8 Å². The van der Waals surface area contributed by atoms with Crippen LogP contribution >= 0.6 is 0 Å². The summed E-state index contributed by atoms with van der Waals surface area (Å²) in [6.07, 6.45) is 0. The maximum Gasteiger partial charge on any atom is 0.0569 e. The third-order valence-corrected chi connectivity index (χ3v) is 2.58. The summed E-state index contributed by atoms with van der Waals surface area (Å²) >= 11 is 0. The van der Waals surface area contributed by atoms with Crippen LogP contribution in [-0.2, 0) is 14.4 Å². The lowest BCUT2D eigenvalue weighted by molar-refractivity contribution is -0.360. The van der Waals surface area contributed by atoms with Crippen molar-refractivity contribution in [3.05, 3.63) is 0 Å². The van der Waals surface area contributed by atoms with Gasteiger partial charge in [0, 0.05) is 11.4 Å². The van der Waals surface area contributed by atoms with E-state index in [1.807, 2.05) is 0 Å². The number of carboxylic acid groups (broad SMARTS) is 3. The van der Waals surface area contributed by atoms with Gasteiger partial charge in [-0.3, -0.25) is 0 Å². The maximum atomic E-state index is 10.6. The molecule has 0 saturated carbocycles. The second-order valence-electron chi connectivity index (χ2n) is 3.61. The molecule has 0 aromatic rings. The van der Waals surface area contributed by atoms with E-state index in [1.54, 1.807) is 0 Å². The van der Waals surface area contributed by atoms with Crippen LogP contribution in [0.15, 0.2) is 0 Å². The topological polar surface area (TPSA) is 120 Å². The zero-order valence-electron chi connectivity index (χ0n) is 7.95. The quantitative estimate of drug-likeness (QED) is 0.431. The SMILES string of the molecule is CC(C)(C(=O)[O-])C(C)(C(=O)[O-])C(=O)[O-]. The first-order chi connectivity index (χ1) is 6.08. The minimum Gasteiger partial charge on any atom is -0.550 e. The Morgan fingerprint density at radius 2 is 1.07 bits per heavy atom. The van der Waals surface area contributed by atoms with Gasteiger partial charge in [0.1, 0.15) is 0 Å². The molecular weight excluding hydrogens is 192 g/mol. The number of hydrogen-bond acceptors (Lipinski definition) is 6. The molecule has 0 aliphatic rings. The smallest absolute Gasteiger partial charge is 0.0569 e. The summed E-state index contributed by atoms with van der Waals surface area (Å²) in [6, 6.07) is 0. The molecule has 0 atom stereocenters. The van der Waals surface area contributed by atoms with Gasteiger partial charge in [0.05, 0.1) is 17.4 Å². The first-order valence-corrected chi connectivity index (χ1v) is 3.72. The molecule has 0 amide bonds. The Morgan fingerprint density at radius 3 is 1.14 bits per heavy atom. The lowest BCUT2D eigenvalue weighted by Crippen LogP contribution is -2.63. The summed E-state index contributed by atoms with van der Waals surface area (Å²) in [7, 11) is 0. The van der Waals surface area contributed by atoms with Gasteiger partial charge in [-0.05, 0) is 6.92 Å². The molecule has 0 rings (SSSR count). The van der Waals surface area contributed by atoms with Crippen molar-refractivity contribution in [1.82, 2.24) is 0 Å². The van der Waals surface area contributed by atoms with Crippen molar-refractivity contribution in [1.29, 1.82) is 0 Å². The first kappa shape index (κ1) is 12.4. The fraction of sp³-hybridized carbons (Fsp3) is 0.625. The highest BCUT2D eigenvalue weighted by Crippen LogP contribution is 2.37. The van der Waals surface area contributed by atoms with Crippen molar-refractivity contribution in [3.8, 4) is 0 Å². The fourth-order valence-electron chi connectivity index (χ4n) is 0.798. The van der Waals surface area contributed by atoms with Crippen LogP contribution < -0.4 is 15.3 Å². The van der Waals surface area contributed by atoms with Gasteiger partial charge < -0.3 is 29.7 Å². The van der Waals surface area contributed by atoms with Crippen LogP contribution in [0.4, 0.5) is 0 Å². The van der Waals surface area contributed by atoms with E-state index in [1.165, 1.54) is 0 Å². The van der Waals surface area contributed by atoms with E-state index >= 15 is 0 Å². The predicted octanol–water partition coefficient (Wildman–Crippen LogP) is -3.73. The molecule has 0 saturated heterocycles. The third-order valence-electron chi connectivity index (χ3n) is 2.58. The molecule has 0 aromatic heterocycles. The Kier molecular flexibility index (Phi) is 2.91. The molecule has 0 radical (unpaired) electrons. The molecule has 0 heterocycles. The molecule has 0 aliphatic carbocycles. The number of aliphatic carboxylic acids is 3. The molecule has 6 heteroatoms. The van der Waals surface area contributed by atoms with E-state index in [2.05, 4.69) is 0 Å². The van der Waals surface area contributed by atoms with Crippen molar-refractivity contribution in [2.75, 3.05) is 0 Å². The van der Waals surface area contributed by atoms with E-state index in [-0.39, 0.29) is 0 Å². The van der Waals surface area contributed by atoms with Crippen LogP contribution in [0.2, 0.25) is 0 Å². The highest BCUT2D eigenvalue weighted by atomic mass is 16.4. The standard InChI is InChI=1S/C8H12O6/c1-7(2,4(9)10)8(3,5(11)12)6(13)14/h1-3H3,(H,9,10)(H,11,12)(H,13,14)/p-3. The second kappa shape index (κ2) is 3.28. The lowest BCUT2D eigenvalue weighted by atomic mass is 9.66. The van der Waals surface area contributed by atoms with Crippen LogP contribution in [0.1, 0.15) is 20.8 Å². The van der Waals surface area contributed by atoms with Crippen LogP contribution in [0.5, 0.6) is 0 Å². The molecule has 80 valence electrons. The van der Waals surface area contributed by atoms with Gasteiger partial charge in [-0.2, -0.15) is 0 Å². The van der Waals surface area contributed by atoms with Crippen molar-refractivity contribution in [2.24, 2.45) is 10.8 Å². The van der Waals surface area contributed by atoms with E-state index in [0.29, 0.717) is 6.92 Å². The van der Waals surface area contributed by atoms with E-state index in [9.17, 15) is 29.7 Å².